The van der Waals surface area contributed by atoms with Crippen molar-refractivity contribution in [3.05, 3.63) is 63.9 Å². The normalized spacial score (nSPS) is 19.0. The molecule has 0 unspecified atom stereocenters. The Morgan fingerprint density at radius 3 is 2.48 bits per heavy atom. The van der Waals surface area contributed by atoms with Crippen LogP contribution in [-0.2, 0) is 14.6 Å². The number of nitrogens with one attached hydrogen (secondary N) is 1. The molecule has 25 heavy (non-hydrogen) atoms. The van der Waals surface area contributed by atoms with Gasteiger partial charge in [-0.05, 0) is 29.8 Å². The lowest BCUT2D eigenvalue weighted by atomic mass is 10.2. The van der Waals surface area contributed by atoms with Crippen molar-refractivity contribution in [2.24, 2.45) is 0 Å². The summed E-state index contributed by atoms with van der Waals surface area (Å²) in [5, 5.41) is -0.174. The third-order valence-corrected chi connectivity index (χ3v) is 6.11. The third kappa shape index (κ3) is 3.46. The second-order valence-electron chi connectivity index (χ2n) is 5.27. The van der Waals surface area contributed by atoms with Gasteiger partial charge in [0.25, 0.3) is 11.8 Å². The van der Waals surface area contributed by atoms with Gasteiger partial charge in [0.15, 0.2) is 15.2 Å². The van der Waals surface area contributed by atoms with E-state index in [1.807, 2.05) is 0 Å². The Kier molecular flexibility index (Phi) is 4.68. The van der Waals surface area contributed by atoms with Gasteiger partial charge in [-0.15, -0.1) is 0 Å². The first-order valence-electron chi connectivity index (χ1n) is 6.99. The maximum absolute atomic E-state index is 12.4. The van der Waals surface area contributed by atoms with Crippen molar-refractivity contribution in [3.8, 4) is 0 Å². The molecule has 1 aliphatic heterocycles. The van der Waals surface area contributed by atoms with Gasteiger partial charge in [-0.2, -0.15) is 0 Å². The molecule has 1 saturated heterocycles. The highest BCUT2D eigenvalue weighted by molar-refractivity contribution is 7.92. The average Bonchev–Trinajstić information content (AvgIpc) is 2.79. The third-order valence-electron chi connectivity index (χ3n) is 3.56. The Bertz CT molecular complexity index is 951. The Morgan fingerprint density at radius 2 is 1.84 bits per heavy atom. The van der Waals surface area contributed by atoms with Gasteiger partial charge in [0.1, 0.15) is 5.75 Å². The molecule has 0 spiro atoms. The minimum atomic E-state index is -3.85. The minimum Gasteiger partial charge on any atom is -0.272 e. The van der Waals surface area contributed by atoms with Crippen LogP contribution in [0.4, 0.5) is 0 Å². The predicted octanol–water partition coefficient (Wildman–Crippen LogP) is 1.99. The van der Waals surface area contributed by atoms with E-state index in [4.69, 9.17) is 23.2 Å². The molecule has 0 bridgehead atoms. The summed E-state index contributed by atoms with van der Waals surface area (Å²) in [4.78, 5) is 28.2. The Labute approximate surface area is 153 Å². The maximum atomic E-state index is 12.4. The van der Waals surface area contributed by atoms with Gasteiger partial charge in [0.05, 0.1) is 10.0 Å². The van der Waals surface area contributed by atoms with Crippen LogP contribution in [0.3, 0.4) is 0 Å². The smallest absolute Gasteiger partial charge is 0.270 e. The van der Waals surface area contributed by atoms with Crippen molar-refractivity contribution in [2.75, 3.05) is 5.75 Å². The van der Waals surface area contributed by atoms with E-state index < -0.39 is 32.8 Å². The highest BCUT2D eigenvalue weighted by atomic mass is 35.5. The van der Waals surface area contributed by atoms with Crippen LogP contribution >= 0.6 is 23.2 Å². The zero-order chi connectivity index (χ0) is 18.2. The fourth-order valence-electron chi connectivity index (χ4n) is 2.43. The van der Waals surface area contributed by atoms with Crippen LogP contribution < -0.4 is 5.43 Å². The van der Waals surface area contributed by atoms with Gasteiger partial charge in [0, 0.05) is 18.0 Å². The standard InChI is InChI=1S/C15H11Cl2N3O4S/c16-11-2-1-10(7-12(11)17)15-20(13(21)8-25(15,23)24)19-14(22)9-3-5-18-6-4-9/h1-7,15H,8H2,(H,19,22)/t15-/m1/s1. The highest BCUT2D eigenvalue weighted by Gasteiger charge is 2.46. The van der Waals surface area contributed by atoms with Crippen molar-refractivity contribution in [1.82, 2.24) is 15.4 Å². The molecule has 1 atom stereocenters. The van der Waals surface area contributed by atoms with Gasteiger partial charge in [-0.25, -0.2) is 13.4 Å². The zero-order valence-electron chi connectivity index (χ0n) is 12.5. The van der Waals surface area contributed by atoms with E-state index in [0.717, 1.165) is 5.01 Å². The number of hydrogen-bond donors (Lipinski definition) is 1. The van der Waals surface area contributed by atoms with Crippen LogP contribution in [0.5, 0.6) is 0 Å². The number of nitrogens with zero attached hydrogens (tertiary/aromatic N) is 2. The molecule has 1 fully saturated rings. The first-order chi connectivity index (χ1) is 11.8. The van der Waals surface area contributed by atoms with Gasteiger partial charge < -0.3 is 0 Å². The number of pyridine rings is 1. The number of carbonyl (C=O) groups excluding carboxylic acids is 2. The molecule has 2 aromatic rings. The number of amides is 2. The van der Waals surface area contributed by atoms with E-state index >= 15 is 0 Å². The molecule has 1 aliphatic rings. The van der Waals surface area contributed by atoms with Crippen molar-refractivity contribution < 1.29 is 18.0 Å². The summed E-state index contributed by atoms with van der Waals surface area (Å²) in [6, 6.07) is 7.12. The largest absolute Gasteiger partial charge is 0.272 e. The molecule has 2 heterocycles. The topological polar surface area (TPSA) is 96.4 Å². The summed E-state index contributed by atoms with van der Waals surface area (Å²) < 4.78 is 24.8. The van der Waals surface area contributed by atoms with Gasteiger partial charge in [-0.3, -0.25) is 20.0 Å². The fourth-order valence-corrected chi connectivity index (χ4v) is 4.43. The van der Waals surface area contributed by atoms with Crippen LogP contribution in [-0.4, -0.2) is 36.0 Å². The van der Waals surface area contributed by atoms with Crippen LogP contribution in [0, 0.1) is 0 Å². The monoisotopic (exact) mass is 399 g/mol. The van der Waals surface area contributed by atoms with E-state index in [0.29, 0.717) is 0 Å². The van der Waals surface area contributed by atoms with E-state index in [2.05, 4.69) is 10.4 Å². The Morgan fingerprint density at radius 1 is 1.16 bits per heavy atom. The van der Waals surface area contributed by atoms with Gasteiger partial charge in [-0.1, -0.05) is 29.3 Å². The van der Waals surface area contributed by atoms with Crippen LogP contribution in [0.25, 0.3) is 0 Å². The molecular formula is C15H11Cl2N3O4S. The summed E-state index contributed by atoms with van der Waals surface area (Å²) in [6.07, 6.45) is 2.82. The van der Waals surface area contributed by atoms with Gasteiger partial charge in [0.2, 0.25) is 0 Å². The van der Waals surface area contributed by atoms with E-state index in [9.17, 15) is 18.0 Å². The number of halogens is 2. The molecule has 7 nitrogen and oxygen atoms in total. The molecule has 10 heteroatoms. The molecule has 0 saturated carbocycles. The lowest BCUT2D eigenvalue weighted by Gasteiger charge is -2.24. The van der Waals surface area contributed by atoms with Crippen molar-refractivity contribution in [1.29, 1.82) is 0 Å². The zero-order valence-corrected chi connectivity index (χ0v) is 14.8. The van der Waals surface area contributed by atoms with E-state index in [1.54, 1.807) is 0 Å². The highest BCUT2D eigenvalue weighted by Crippen LogP contribution is 2.35. The minimum absolute atomic E-state index is 0.147. The number of sulfone groups is 1. The molecule has 3 rings (SSSR count). The van der Waals surface area contributed by atoms with Crippen molar-refractivity contribution >= 4 is 44.9 Å². The molecule has 1 aromatic carbocycles. The first kappa shape index (κ1) is 17.7. The number of hydrazine groups is 1. The maximum Gasteiger partial charge on any atom is 0.270 e. The van der Waals surface area contributed by atoms with Crippen LogP contribution in [0.1, 0.15) is 21.3 Å². The van der Waals surface area contributed by atoms with Gasteiger partial charge >= 0.3 is 0 Å². The Balaban J connectivity index is 1.97. The predicted molar refractivity (Wildman–Crippen MR) is 91.5 cm³/mol. The summed E-state index contributed by atoms with van der Waals surface area (Å²) in [6.45, 7) is 0. The average molecular weight is 400 g/mol. The molecular weight excluding hydrogens is 389 g/mol. The molecule has 130 valence electrons. The van der Waals surface area contributed by atoms with Crippen molar-refractivity contribution in [2.45, 2.75) is 5.37 Å². The van der Waals surface area contributed by atoms with E-state index in [1.165, 1.54) is 42.7 Å². The first-order valence-corrected chi connectivity index (χ1v) is 9.46. The summed E-state index contributed by atoms with van der Waals surface area (Å²) in [5.41, 5.74) is 2.81. The number of hydrogen-bond acceptors (Lipinski definition) is 5. The number of benzene rings is 1. The fraction of sp³-hybridized carbons (Fsp3) is 0.133. The van der Waals surface area contributed by atoms with E-state index in [-0.39, 0.29) is 21.2 Å². The SMILES string of the molecule is O=C(NN1C(=O)CS(=O)(=O)[C@@H]1c1ccc(Cl)c(Cl)c1)c1ccncc1. The van der Waals surface area contributed by atoms with Crippen LogP contribution in [0.2, 0.25) is 10.0 Å². The molecule has 0 aliphatic carbocycles. The van der Waals surface area contributed by atoms with Crippen LogP contribution in [0.15, 0.2) is 42.7 Å². The molecule has 2 amide bonds. The lowest BCUT2D eigenvalue weighted by molar-refractivity contribution is -0.130. The quantitative estimate of drug-likeness (QED) is 0.850. The molecule has 1 N–H and O–H groups in total. The Hall–Kier alpha value is -2.16. The molecule has 1 aromatic heterocycles. The molecule has 0 radical (unpaired) electrons. The lowest BCUT2D eigenvalue weighted by Crippen LogP contribution is -2.45. The number of aromatic nitrogens is 1. The number of rotatable bonds is 3. The number of carbonyl (C=O) groups is 2. The summed E-state index contributed by atoms with van der Waals surface area (Å²) in [5.74, 6) is -2.08. The summed E-state index contributed by atoms with van der Waals surface area (Å²) in [7, 11) is -3.85. The second-order valence-corrected chi connectivity index (χ2v) is 8.15. The van der Waals surface area contributed by atoms with Crippen molar-refractivity contribution in [3.63, 3.8) is 0 Å². The second kappa shape index (κ2) is 6.62. The summed E-state index contributed by atoms with van der Waals surface area (Å²) >= 11 is 11.8.